The molecule has 0 aliphatic rings. The molecule has 0 fully saturated rings. The van der Waals surface area contributed by atoms with Gasteiger partial charge in [0.2, 0.25) is 0 Å². The Hall–Kier alpha value is -2.36. The zero-order chi connectivity index (χ0) is 13.2. The number of ketones is 1. The van der Waals surface area contributed by atoms with E-state index < -0.39 is 0 Å². The fourth-order valence-electron chi connectivity index (χ4n) is 2.14. The van der Waals surface area contributed by atoms with Crippen molar-refractivity contribution in [3.8, 4) is 0 Å². The summed E-state index contributed by atoms with van der Waals surface area (Å²) in [6.45, 7) is 2.82. The molecular formula is C15H14N2O2. The van der Waals surface area contributed by atoms with Crippen LogP contribution in [-0.2, 0) is 13.0 Å². The number of carbonyl (C=O) groups excluding carboxylic acids is 1. The summed E-state index contributed by atoms with van der Waals surface area (Å²) < 4.78 is 7.21. The summed E-state index contributed by atoms with van der Waals surface area (Å²) in [5.74, 6) is 0.0561. The normalized spacial score (nSPS) is 11.0. The van der Waals surface area contributed by atoms with Crippen molar-refractivity contribution >= 4 is 16.8 Å². The molecule has 0 saturated carbocycles. The number of rotatable bonds is 4. The van der Waals surface area contributed by atoms with Crippen LogP contribution in [-0.4, -0.2) is 15.6 Å². The smallest absolute Gasteiger partial charge is 0.171 e. The molecule has 2 heterocycles. The van der Waals surface area contributed by atoms with Crippen LogP contribution in [0.25, 0.3) is 11.0 Å². The lowest BCUT2D eigenvalue weighted by Crippen LogP contribution is -2.02. The van der Waals surface area contributed by atoms with Crippen LogP contribution in [0.3, 0.4) is 0 Å². The maximum Gasteiger partial charge on any atom is 0.171 e. The van der Waals surface area contributed by atoms with E-state index in [4.69, 9.17) is 4.42 Å². The molecule has 4 nitrogen and oxygen atoms in total. The van der Waals surface area contributed by atoms with Crippen LogP contribution in [0.15, 0.2) is 47.3 Å². The molecule has 0 bridgehead atoms. The van der Waals surface area contributed by atoms with Gasteiger partial charge in [-0.05, 0) is 18.6 Å². The van der Waals surface area contributed by atoms with Crippen LogP contribution in [0.4, 0.5) is 0 Å². The average molecular weight is 254 g/mol. The molecule has 3 aromatic rings. The first-order valence-electron chi connectivity index (χ1n) is 6.28. The third-order valence-electron chi connectivity index (χ3n) is 3.16. The molecular weight excluding hydrogens is 240 g/mol. The van der Waals surface area contributed by atoms with Gasteiger partial charge in [0.25, 0.3) is 0 Å². The Labute approximate surface area is 110 Å². The summed E-state index contributed by atoms with van der Waals surface area (Å²) in [5.41, 5.74) is 2.31. The Morgan fingerprint density at radius 2 is 2.21 bits per heavy atom. The molecule has 0 N–H and O–H groups in total. The number of hydrogen-bond donors (Lipinski definition) is 0. The van der Waals surface area contributed by atoms with Crippen molar-refractivity contribution in [1.29, 1.82) is 0 Å². The Balaban J connectivity index is 1.87. The van der Waals surface area contributed by atoms with Gasteiger partial charge in [0.05, 0.1) is 11.8 Å². The van der Waals surface area contributed by atoms with Crippen molar-refractivity contribution in [2.24, 2.45) is 0 Å². The van der Waals surface area contributed by atoms with E-state index in [0.29, 0.717) is 12.0 Å². The monoisotopic (exact) mass is 254 g/mol. The van der Waals surface area contributed by atoms with Gasteiger partial charge >= 0.3 is 0 Å². The van der Waals surface area contributed by atoms with Crippen LogP contribution in [0.1, 0.15) is 22.8 Å². The predicted molar refractivity (Wildman–Crippen MR) is 72.1 cm³/mol. The molecule has 0 amide bonds. The third-order valence-corrected chi connectivity index (χ3v) is 3.16. The van der Waals surface area contributed by atoms with Gasteiger partial charge in [-0.15, -0.1) is 0 Å². The van der Waals surface area contributed by atoms with Gasteiger partial charge in [-0.2, -0.15) is 5.10 Å². The minimum absolute atomic E-state index is 0.0561. The quantitative estimate of drug-likeness (QED) is 0.672. The highest BCUT2D eigenvalue weighted by molar-refractivity contribution is 6.07. The van der Waals surface area contributed by atoms with Crippen LogP contribution in [0, 0.1) is 0 Å². The number of aromatic nitrogens is 2. The Kier molecular flexibility index (Phi) is 2.91. The number of para-hydroxylation sites is 1. The molecule has 0 saturated heterocycles. The second-order valence-corrected chi connectivity index (χ2v) is 4.45. The van der Waals surface area contributed by atoms with Gasteiger partial charge in [-0.1, -0.05) is 18.2 Å². The maximum absolute atomic E-state index is 12.3. The summed E-state index contributed by atoms with van der Waals surface area (Å²) >= 11 is 0. The lowest BCUT2D eigenvalue weighted by atomic mass is 10.0. The van der Waals surface area contributed by atoms with Crippen molar-refractivity contribution < 1.29 is 9.21 Å². The molecule has 4 heteroatoms. The highest BCUT2D eigenvalue weighted by atomic mass is 16.3. The van der Waals surface area contributed by atoms with E-state index in [9.17, 15) is 4.79 Å². The number of hydrogen-bond acceptors (Lipinski definition) is 3. The van der Waals surface area contributed by atoms with Gasteiger partial charge < -0.3 is 4.42 Å². The number of furan rings is 1. The number of aryl methyl sites for hydroxylation is 1. The summed E-state index contributed by atoms with van der Waals surface area (Å²) in [4.78, 5) is 12.3. The summed E-state index contributed by atoms with van der Waals surface area (Å²) in [7, 11) is 0. The predicted octanol–water partition coefficient (Wildman–Crippen LogP) is 3.07. The summed E-state index contributed by atoms with van der Waals surface area (Å²) in [6, 6.07) is 7.57. The number of Topliss-reactive ketones (excluding diaryl/α,β-unsaturated/α-hetero) is 1. The number of carbonyl (C=O) groups is 1. The first-order valence-corrected chi connectivity index (χ1v) is 6.28. The zero-order valence-corrected chi connectivity index (χ0v) is 10.7. The molecule has 0 aliphatic heterocycles. The van der Waals surface area contributed by atoms with Crippen LogP contribution >= 0.6 is 0 Å². The SMILES string of the molecule is CCn1cc(CC(=O)c2coc3ccccc23)cn1. The van der Waals surface area contributed by atoms with Crippen molar-refractivity contribution in [2.75, 3.05) is 0 Å². The highest BCUT2D eigenvalue weighted by Gasteiger charge is 2.14. The molecule has 1 aromatic carbocycles. The average Bonchev–Trinajstić information content (AvgIpc) is 3.04. The molecule has 0 atom stereocenters. The van der Waals surface area contributed by atoms with E-state index in [1.54, 1.807) is 6.20 Å². The molecule has 0 unspecified atom stereocenters. The van der Waals surface area contributed by atoms with Gasteiger partial charge in [0.1, 0.15) is 11.8 Å². The van der Waals surface area contributed by atoms with E-state index in [-0.39, 0.29) is 5.78 Å². The summed E-state index contributed by atoms with van der Waals surface area (Å²) in [5, 5.41) is 5.04. The second kappa shape index (κ2) is 4.72. The standard InChI is InChI=1S/C15H14N2O2/c1-2-17-9-11(8-16-17)7-14(18)13-10-19-15-6-4-3-5-12(13)15/h3-6,8-10H,2,7H2,1H3. The van der Waals surface area contributed by atoms with Crippen molar-refractivity contribution in [3.63, 3.8) is 0 Å². The Bertz CT molecular complexity index is 724. The molecule has 0 aliphatic carbocycles. The summed E-state index contributed by atoms with van der Waals surface area (Å²) in [6.07, 6.45) is 5.53. The largest absolute Gasteiger partial charge is 0.464 e. The molecule has 0 radical (unpaired) electrons. The first kappa shape index (κ1) is 11.7. The van der Waals surface area contributed by atoms with E-state index in [2.05, 4.69) is 5.10 Å². The molecule has 2 aromatic heterocycles. The van der Waals surface area contributed by atoms with E-state index in [1.165, 1.54) is 6.26 Å². The van der Waals surface area contributed by atoms with Gasteiger partial charge in [0, 0.05) is 24.5 Å². The molecule has 19 heavy (non-hydrogen) atoms. The van der Waals surface area contributed by atoms with Crippen LogP contribution in [0.2, 0.25) is 0 Å². The van der Waals surface area contributed by atoms with Gasteiger partial charge in [0.15, 0.2) is 5.78 Å². The van der Waals surface area contributed by atoms with E-state index in [1.807, 2.05) is 42.1 Å². The minimum atomic E-state index is 0.0561. The molecule has 3 rings (SSSR count). The molecule has 96 valence electrons. The number of nitrogens with zero attached hydrogens (tertiary/aromatic N) is 2. The molecule has 0 spiro atoms. The fraction of sp³-hybridized carbons (Fsp3) is 0.200. The van der Waals surface area contributed by atoms with Crippen LogP contribution in [0.5, 0.6) is 0 Å². The third kappa shape index (κ3) is 2.17. The zero-order valence-electron chi connectivity index (χ0n) is 10.7. The Morgan fingerprint density at radius 1 is 1.37 bits per heavy atom. The first-order chi connectivity index (χ1) is 9.28. The second-order valence-electron chi connectivity index (χ2n) is 4.45. The van der Waals surface area contributed by atoms with E-state index in [0.717, 1.165) is 23.1 Å². The van der Waals surface area contributed by atoms with E-state index >= 15 is 0 Å². The number of benzene rings is 1. The van der Waals surface area contributed by atoms with Crippen molar-refractivity contribution in [1.82, 2.24) is 9.78 Å². The fourth-order valence-corrected chi connectivity index (χ4v) is 2.14. The topological polar surface area (TPSA) is 48.0 Å². The maximum atomic E-state index is 12.3. The number of fused-ring (bicyclic) bond motifs is 1. The highest BCUT2D eigenvalue weighted by Crippen LogP contribution is 2.22. The van der Waals surface area contributed by atoms with Crippen molar-refractivity contribution in [3.05, 3.63) is 54.0 Å². The van der Waals surface area contributed by atoms with Gasteiger partial charge in [-0.3, -0.25) is 9.48 Å². The Morgan fingerprint density at radius 3 is 3.00 bits per heavy atom. The van der Waals surface area contributed by atoms with Gasteiger partial charge in [-0.25, -0.2) is 0 Å². The lowest BCUT2D eigenvalue weighted by Gasteiger charge is -1.96. The lowest BCUT2D eigenvalue weighted by molar-refractivity contribution is 0.0993. The minimum Gasteiger partial charge on any atom is -0.464 e. The van der Waals surface area contributed by atoms with Crippen molar-refractivity contribution in [2.45, 2.75) is 19.9 Å². The van der Waals surface area contributed by atoms with Crippen LogP contribution < -0.4 is 0 Å².